The highest BCUT2D eigenvalue weighted by Gasteiger charge is 2.26. The summed E-state index contributed by atoms with van der Waals surface area (Å²) in [5.41, 5.74) is 3.18. The average molecular weight is 448 g/mol. The molecule has 0 atom stereocenters. The Morgan fingerprint density at radius 1 is 1.19 bits per heavy atom. The lowest BCUT2D eigenvalue weighted by molar-refractivity contribution is 0.184. The van der Waals surface area contributed by atoms with E-state index in [1.54, 1.807) is 7.11 Å². The van der Waals surface area contributed by atoms with Crippen molar-refractivity contribution in [3.8, 4) is 11.4 Å². The molecule has 0 spiro atoms. The standard InChI is InChI=1S/C20H20BrClN4O/c1-27-9-8-26-20(15-11-17(14-4-5-14)23-18(22)12-15)24-19(25-26)10-13-2-6-16(21)7-3-13/h2-3,6-7,11-12,14H,4-5,8-10H2,1H3. The van der Waals surface area contributed by atoms with E-state index < -0.39 is 0 Å². The molecule has 1 aliphatic carbocycles. The number of halogens is 2. The second kappa shape index (κ2) is 8.09. The minimum absolute atomic E-state index is 0.505. The van der Waals surface area contributed by atoms with Gasteiger partial charge in [-0.1, -0.05) is 39.7 Å². The average Bonchev–Trinajstić information content (AvgIpc) is 3.43. The molecular weight excluding hydrogens is 428 g/mol. The van der Waals surface area contributed by atoms with Crippen molar-refractivity contribution in [2.75, 3.05) is 13.7 Å². The van der Waals surface area contributed by atoms with E-state index in [-0.39, 0.29) is 0 Å². The van der Waals surface area contributed by atoms with Crippen LogP contribution in [-0.4, -0.2) is 33.5 Å². The highest BCUT2D eigenvalue weighted by atomic mass is 79.9. The zero-order valence-corrected chi connectivity index (χ0v) is 17.4. The fraction of sp³-hybridized carbons (Fsp3) is 0.350. The van der Waals surface area contributed by atoms with Gasteiger partial charge in [0.1, 0.15) is 5.15 Å². The van der Waals surface area contributed by atoms with Gasteiger partial charge in [-0.25, -0.2) is 14.6 Å². The van der Waals surface area contributed by atoms with E-state index in [0.717, 1.165) is 27.4 Å². The van der Waals surface area contributed by atoms with Gasteiger partial charge in [-0.3, -0.25) is 0 Å². The third kappa shape index (κ3) is 4.57. The molecule has 140 valence electrons. The van der Waals surface area contributed by atoms with Crippen molar-refractivity contribution < 1.29 is 4.74 Å². The van der Waals surface area contributed by atoms with E-state index in [1.165, 1.54) is 18.4 Å². The number of hydrogen-bond donors (Lipinski definition) is 0. The van der Waals surface area contributed by atoms with Crippen molar-refractivity contribution >= 4 is 27.5 Å². The highest BCUT2D eigenvalue weighted by Crippen LogP contribution is 2.40. The van der Waals surface area contributed by atoms with Crippen LogP contribution in [0.3, 0.4) is 0 Å². The van der Waals surface area contributed by atoms with E-state index in [0.29, 0.717) is 30.6 Å². The Balaban J connectivity index is 1.68. The van der Waals surface area contributed by atoms with Crippen LogP contribution in [0, 0.1) is 0 Å². The number of aromatic nitrogens is 4. The SMILES string of the molecule is COCCn1nc(Cc2ccc(Br)cc2)nc1-c1cc(Cl)nc(C2CC2)c1. The lowest BCUT2D eigenvalue weighted by Gasteiger charge is -2.07. The van der Waals surface area contributed by atoms with Gasteiger partial charge < -0.3 is 4.74 Å². The molecule has 2 aromatic heterocycles. The van der Waals surface area contributed by atoms with Gasteiger partial charge in [-0.05, 0) is 42.7 Å². The lowest BCUT2D eigenvalue weighted by Crippen LogP contribution is -2.08. The molecule has 7 heteroatoms. The summed E-state index contributed by atoms with van der Waals surface area (Å²) in [6.07, 6.45) is 3.03. The summed E-state index contributed by atoms with van der Waals surface area (Å²) in [6.45, 7) is 1.21. The van der Waals surface area contributed by atoms with E-state index in [1.807, 2.05) is 22.9 Å². The first-order chi connectivity index (χ1) is 13.1. The molecule has 1 aromatic carbocycles. The minimum atomic E-state index is 0.505. The smallest absolute Gasteiger partial charge is 0.158 e. The Bertz CT molecular complexity index is 938. The minimum Gasteiger partial charge on any atom is -0.383 e. The monoisotopic (exact) mass is 446 g/mol. The van der Waals surface area contributed by atoms with Crippen molar-refractivity contribution in [2.24, 2.45) is 0 Å². The first-order valence-electron chi connectivity index (χ1n) is 8.97. The van der Waals surface area contributed by atoms with E-state index in [4.69, 9.17) is 26.4 Å². The van der Waals surface area contributed by atoms with Crippen LogP contribution in [0.2, 0.25) is 5.15 Å². The van der Waals surface area contributed by atoms with Gasteiger partial charge in [0.15, 0.2) is 11.6 Å². The van der Waals surface area contributed by atoms with Crippen LogP contribution in [0.5, 0.6) is 0 Å². The van der Waals surface area contributed by atoms with Gasteiger partial charge in [0.2, 0.25) is 0 Å². The van der Waals surface area contributed by atoms with Crippen molar-refractivity contribution in [1.29, 1.82) is 0 Å². The lowest BCUT2D eigenvalue weighted by atomic mass is 10.1. The summed E-state index contributed by atoms with van der Waals surface area (Å²) >= 11 is 9.75. The molecule has 0 amide bonds. The Morgan fingerprint density at radius 3 is 2.67 bits per heavy atom. The molecule has 0 bridgehead atoms. The Labute approximate surface area is 171 Å². The summed E-state index contributed by atoms with van der Waals surface area (Å²) in [7, 11) is 1.69. The summed E-state index contributed by atoms with van der Waals surface area (Å²) in [4.78, 5) is 9.29. The molecule has 1 aliphatic rings. The molecule has 1 saturated carbocycles. The molecule has 27 heavy (non-hydrogen) atoms. The Hall–Kier alpha value is -1.76. The molecule has 0 aliphatic heterocycles. The topological polar surface area (TPSA) is 52.8 Å². The van der Waals surface area contributed by atoms with Crippen LogP contribution in [-0.2, 0) is 17.7 Å². The molecule has 0 radical (unpaired) electrons. The number of pyridine rings is 1. The quantitative estimate of drug-likeness (QED) is 0.485. The molecule has 5 nitrogen and oxygen atoms in total. The van der Waals surface area contributed by atoms with Crippen LogP contribution >= 0.6 is 27.5 Å². The number of nitrogens with zero attached hydrogens (tertiary/aromatic N) is 4. The van der Waals surface area contributed by atoms with Gasteiger partial charge in [-0.15, -0.1) is 0 Å². The fourth-order valence-electron chi connectivity index (χ4n) is 3.03. The maximum absolute atomic E-state index is 6.28. The van der Waals surface area contributed by atoms with Gasteiger partial charge in [0, 0.05) is 35.2 Å². The van der Waals surface area contributed by atoms with E-state index in [9.17, 15) is 0 Å². The third-order valence-corrected chi connectivity index (χ3v) is 5.29. The van der Waals surface area contributed by atoms with E-state index in [2.05, 4.69) is 39.1 Å². The number of hydrogen-bond acceptors (Lipinski definition) is 4. The summed E-state index contributed by atoms with van der Waals surface area (Å²) in [5, 5.41) is 5.22. The highest BCUT2D eigenvalue weighted by molar-refractivity contribution is 9.10. The van der Waals surface area contributed by atoms with Crippen molar-refractivity contribution in [3.63, 3.8) is 0 Å². The number of ether oxygens (including phenoxy) is 1. The fourth-order valence-corrected chi connectivity index (χ4v) is 3.51. The van der Waals surface area contributed by atoms with Crippen molar-refractivity contribution in [3.05, 3.63) is 63.1 Å². The third-order valence-electron chi connectivity index (χ3n) is 4.57. The van der Waals surface area contributed by atoms with E-state index >= 15 is 0 Å². The number of benzene rings is 1. The van der Waals surface area contributed by atoms with Crippen LogP contribution in [0.25, 0.3) is 11.4 Å². The van der Waals surface area contributed by atoms with Gasteiger partial charge >= 0.3 is 0 Å². The number of rotatable bonds is 7. The molecule has 4 rings (SSSR count). The first-order valence-corrected chi connectivity index (χ1v) is 10.1. The molecule has 3 aromatic rings. The maximum atomic E-state index is 6.28. The Morgan fingerprint density at radius 2 is 1.96 bits per heavy atom. The second-order valence-electron chi connectivity index (χ2n) is 6.75. The largest absolute Gasteiger partial charge is 0.383 e. The molecule has 0 saturated heterocycles. The molecular formula is C20H20BrClN4O. The van der Waals surface area contributed by atoms with Crippen molar-refractivity contribution in [2.45, 2.75) is 31.7 Å². The predicted octanol–water partition coefficient (Wildman–Crippen LogP) is 4.87. The molecule has 0 N–H and O–H groups in total. The van der Waals surface area contributed by atoms with Crippen LogP contribution in [0.4, 0.5) is 0 Å². The summed E-state index contributed by atoms with van der Waals surface area (Å²) in [6, 6.07) is 12.2. The summed E-state index contributed by atoms with van der Waals surface area (Å²) < 4.78 is 8.20. The van der Waals surface area contributed by atoms with Gasteiger partial charge in [-0.2, -0.15) is 5.10 Å². The Kier molecular flexibility index (Phi) is 5.57. The zero-order valence-electron chi connectivity index (χ0n) is 15.0. The van der Waals surface area contributed by atoms with Gasteiger partial charge in [0.05, 0.1) is 13.2 Å². The predicted molar refractivity (Wildman–Crippen MR) is 109 cm³/mol. The second-order valence-corrected chi connectivity index (χ2v) is 8.05. The maximum Gasteiger partial charge on any atom is 0.158 e. The number of methoxy groups -OCH3 is 1. The summed E-state index contributed by atoms with van der Waals surface area (Å²) in [5.74, 6) is 2.12. The van der Waals surface area contributed by atoms with Crippen LogP contribution < -0.4 is 0 Å². The molecule has 0 unspecified atom stereocenters. The molecule has 2 heterocycles. The molecule has 1 fully saturated rings. The first kappa shape index (κ1) is 18.6. The zero-order chi connectivity index (χ0) is 18.8. The van der Waals surface area contributed by atoms with Crippen molar-refractivity contribution in [1.82, 2.24) is 19.7 Å². The van der Waals surface area contributed by atoms with Crippen LogP contribution in [0.1, 0.15) is 35.8 Å². The normalized spacial score (nSPS) is 13.9. The van der Waals surface area contributed by atoms with Crippen LogP contribution in [0.15, 0.2) is 40.9 Å². The van der Waals surface area contributed by atoms with Gasteiger partial charge in [0.25, 0.3) is 0 Å².